The molecule has 0 saturated carbocycles. The van der Waals surface area contributed by atoms with Crippen LogP contribution in [0.1, 0.15) is 57.5 Å². The van der Waals surface area contributed by atoms with Gasteiger partial charge in [0.2, 0.25) is 0 Å². The Morgan fingerprint density at radius 1 is 1.02 bits per heavy atom. The van der Waals surface area contributed by atoms with Crippen molar-refractivity contribution in [3.05, 3.63) is 125 Å². The van der Waals surface area contributed by atoms with Gasteiger partial charge >= 0.3 is 0 Å². The van der Waals surface area contributed by atoms with Gasteiger partial charge in [0.25, 0.3) is 5.91 Å². The van der Waals surface area contributed by atoms with Gasteiger partial charge in [0.05, 0.1) is 30.5 Å². The Morgan fingerprint density at radius 2 is 1.83 bits per heavy atom. The summed E-state index contributed by atoms with van der Waals surface area (Å²) in [5.41, 5.74) is 4.23. The molecule has 0 bridgehead atoms. The fourth-order valence-corrected chi connectivity index (χ4v) is 5.05. The lowest BCUT2D eigenvalue weighted by molar-refractivity contribution is -0.252. The molecule has 1 aliphatic rings. The molecule has 4 aromatic rings. The lowest BCUT2D eigenvalue weighted by Crippen LogP contribution is -2.39. The largest absolute Gasteiger partial charge is 0.508 e. The number of aromatic nitrogens is 1. The van der Waals surface area contributed by atoms with E-state index in [4.69, 9.17) is 9.47 Å². The molecule has 42 heavy (non-hydrogen) atoms. The molecule has 1 saturated heterocycles. The van der Waals surface area contributed by atoms with Gasteiger partial charge in [-0.3, -0.25) is 9.78 Å². The molecule has 0 aliphatic carbocycles. The molecule has 3 aromatic carbocycles. The van der Waals surface area contributed by atoms with E-state index in [0.29, 0.717) is 36.3 Å². The van der Waals surface area contributed by atoms with Gasteiger partial charge in [0.15, 0.2) is 6.29 Å². The summed E-state index contributed by atoms with van der Waals surface area (Å²) in [6, 6.07) is 25.1. The highest BCUT2D eigenvalue weighted by atomic mass is 16.7. The lowest BCUT2D eigenvalue weighted by atomic mass is 9.99. The summed E-state index contributed by atoms with van der Waals surface area (Å²) in [5.74, 6) is -0.156. The van der Waals surface area contributed by atoms with E-state index in [-0.39, 0.29) is 30.5 Å². The Bertz CT molecular complexity index is 1470. The third-order valence-corrected chi connectivity index (χ3v) is 7.21. The van der Waals surface area contributed by atoms with Crippen LogP contribution in [0.5, 0.6) is 5.75 Å². The lowest BCUT2D eigenvalue weighted by Gasteiger charge is -2.38. The number of carbonyl (C=O) groups excluding carboxylic acids is 1. The number of phenols is 1. The van der Waals surface area contributed by atoms with Gasteiger partial charge in [-0.05, 0) is 60.1 Å². The number of hydrogen-bond donors (Lipinski definition) is 4. The van der Waals surface area contributed by atoms with E-state index in [9.17, 15) is 20.1 Å². The van der Waals surface area contributed by atoms with E-state index < -0.39 is 12.4 Å². The van der Waals surface area contributed by atoms with Crippen molar-refractivity contribution in [2.75, 3.05) is 25.5 Å². The highest BCUT2D eigenvalue weighted by Crippen LogP contribution is 2.38. The fraction of sp³-hybridized carbons (Fsp3) is 0.273. The molecule has 1 amide bonds. The maximum Gasteiger partial charge on any atom is 0.257 e. The SMILES string of the molecule is CN(C[C@H]1C[C@@H](c2ccc(CO)cc2)O[C@@H](c2cccc(NC(=O)c3cccnc3)c2)O1)C[C@@H](O)c1cccc(O)c1. The van der Waals surface area contributed by atoms with E-state index in [0.717, 1.165) is 16.7 Å². The van der Waals surface area contributed by atoms with Crippen molar-refractivity contribution in [2.24, 2.45) is 0 Å². The van der Waals surface area contributed by atoms with Crippen LogP contribution in [0.2, 0.25) is 0 Å². The number of aliphatic hydroxyl groups is 2. The summed E-state index contributed by atoms with van der Waals surface area (Å²) in [7, 11) is 1.92. The highest BCUT2D eigenvalue weighted by Gasteiger charge is 2.33. The molecule has 5 rings (SSSR count). The second-order valence-corrected chi connectivity index (χ2v) is 10.5. The van der Waals surface area contributed by atoms with E-state index in [1.807, 2.05) is 54.4 Å². The zero-order chi connectivity index (χ0) is 29.5. The Labute approximate surface area is 245 Å². The van der Waals surface area contributed by atoms with Crippen molar-refractivity contribution in [1.82, 2.24) is 9.88 Å². The zero-order valence-electron chi connectivity index (χ0n) is 23.3. The summed E-state index contributed by atoms with van der Waals surface area (Å²) in [4.78, 5) is 18.7. The molecule has 4 atom stereocenters. The topological polar surface area (TPSA) is 124 Å². The number of aliphatic hydroxyl groups excluding tert-OH is 2. The number of benzene rings is 3. The van der Waals surface area contributed by atoms with Crippen molar-refractivity contribution < 1.29 is 29.6 Å². The highest BCUT2D eigenvalue weighted by molar-refractivity contribution is 6.04. The van der Waals surface area contributed by atoms with Crippen LogP contribution in [0.4, 0.5) is 5.69 Å². The summed E-state index contributed by atoms with van der Waals surface area (Å²) >= 11 is 0. The van der Waals surface area contributed by atoms with Gasteiger partial charge in [-0.25, -0.2) is 0 Å². The number of likely N-dealkylation sites (N-methyl/N-ethyl adjacent to an activating group) is 1. The number of amides is 1. The van der Waals surface area contributed by atoms with Gasteiger partial charge in [-0.1, -0.05) is 48.5 Å². The van der Waals surface area contributed by atoms with Gasteiger partial charge in [-0.2, -0.15) is 0 Å². The first-order valence-electron chi connectivity index (χ1n) is 13.9. The number of hydrogen-bond acceptors (Lipinski definition) is 8. The standard InChI is InChI=1S/C33H35N3O6/c1-36(20-30(39)24-5-3-9-28(38)16-24)19-29-17-31(23-12-10-22(21-37)11-13-23)42-33(41-29)25-6-2-8-27(15-25)35-32(40)26-7-4-14-34-18-26/h2-16,18,29-31,33,37-39H,17,19-21H2,1H3,(H,35,40)/t29-,30-,31+,33+/m1/s1. The van der Waals surface area contributed by atoms with Gasteiger partial charge in [0, 0.05) is 43.2 Å². The summed E-state index contributed by atoms with van der Waals surface area (Å²) in [6.07, 6.45) is 1.71. The van der Waals surface area contributed by atoms with Crippen LogP contribution >= 0.6 is 0 Å². The van der Waals surface area contributed by atoms with Crippen molar-refractivity contribution in [1.29, 1.82) is 0 Å². The van der Waals surface area contributed by atoms with Crippen molar-refractivity contribution in [3.63, 3.8) is 0 Å². The van der Waals surface area contributed by atoms with Crippen LogP contribution in [0.15, 0.2) is 97.3 Å². The number of phenolic OH excluding ortho intramolecular Hbond substituents is 1. The number of rotatable bonds is 10. The monoisotopic (exact) mass is 569 g/mol. The summed E-state index contributed by atoms with van der Waals surface area (Å²) in [5, 5.41) is 32.9. The van der Waals surface area contributed by atoms with Crippen LogP contribution in [-0.2, 0) is 16.1 Å². The average molecular weight is 570 g/mol. The maximum absolute atomic E-state index is 12.7. The molecular formula is C33H35N3O6. The molecule has 9 nitrogen and oxygen atoms in total. The average Bonchev–Trinajstić information content (AvgIpc) is 3.01. The van der Waals surface area contributed by atoms with E-state index in [2.05, 4.69) is 10.3 Å². The number of nitrogens with one attached hydrogen (secondary N) is 1. The molecular weight excluding hydrogens is 534 g/mol. The molecule has 1 fully saturated rings. The van der Waals surface area contributed by atoms with Crippen molar-refractivity contribution in [2.45, 2.75) is 37.6 Å². The van der Waals surface area contributed by atoms with Gasteiger partial charge in [-0.15, -0.1) is 0 Å². The zero-order valence-corrected chi connectivity index (χ0v) is 23.3. The normalized spacial score (nSPS) is 19.4. The van der Waals surface area contributed by atoms with E-state index in [1.54, 1.807) is 48.7 Å². The molecule has 218 valence electrons. The molecule has 9 heteroatoms. The first kappa shape index (κ1) is 29.4. The fourth-order valence-electron chi connectivity index (χ4n) is 5.05. The molecule has 4 N–H and O–H groups in total. The van der Waals surface area contributed by atoms with Crippen molar-refractivity contribution in [3.8, 4) is 5.75 Å². The third kappa shape index (κ3) is 7.58. The second kappa shape index (κ2) is 13.7. The smallest absolute Gasteiger partial charge is 0.257 e. The van der Waals surface area contributed by atoms with Crippen LogP contribution in [0.3, 0.4) is 0 Å². The Morgan fingerprint density at radius 3 is 2.57 bits per heavy atom. The number of anilines is 1. The molecule has 0 spiro atoms. The quantitative estimate of drug-likeness (QED) is 0.216. The minimum Gasteiger partial charge on any atom is -0.508 e. The number of nitrogens with zero attached hydrogens (tertiary/aromatic N) is 2. The molecule has 0 unspecified atom stereocenters. The molecule has 2 heterocycles. The summed E-state index contributed by atoms with van der Waals surface area (Å²) < 4.78 is 12.9. The number of carbonyl (C=O) groups is 1. The molecule has 1 aromatic heterocycles. The Balaban J connectivity index is 1.32. The van der Waals surface area contributed by atoms with Crippen LogP contribution in [0, 0.1) is 0 Å². The van der Waals surface area contributed by atoms with E-state index in [1.165, 1.54) is 6.20 Å². The van der Waals surface area contributed by atoms with Gasteiger partial charge < -0.3 is 35.0 Å². The van der Waals surface area contributed by atoms with Crippen molar-refractivity contribution >= 4 is 11.6 Å². The molecule has 0 radical (unpaired) electrons. The Kier molecular flexibility index (Phi) is 9.58. The Hall–Kier alpha value is -4.12. The second-order valence-electron chi connectivity index (χ2n) is 10.5. The predicted octanol–water partition coefficient (Wildman–Crippen LogP) is 4.74. The van der Waals surface area contributed by atoms with Gasteiger partial charge in [0.1, 0.15) is 5.75 Å². The third-order valence-electron chi connectivity index (χ3n) is 7.21. The maximum atomic E-state index is 12.7. The minimum atomic E-state index is -0.778. The first-order chi connectivity index (χ1) is 20.4. The minimum absolute atomic E-state index is 0.0377. The van der Waals surface area contributed by atoms with Crippen LogP contribution < -0.4 is 5.32 Å². The first-order valence-corrected chi connectivity index (χ1v) is 13.9. The predicted molar refractivity (Wildman–Crippen MR) is 158 cm³/mol. The summed E-state index contributed by atoms with van der Waals surface area (Å²) in [6.45, 7) is 0.836. The number of ether oxygens (including phenoxy) is 2. The van der Waals surface area contributed by atoms with E-state index >= 15 is 0 Å². The molecule has 1 aliphatic heterocycles. The number of aromatic hydroxyl groups is 1. The number of pyridine rings is 1. The van der Waals surface area contributed by atoms with Crippen LogP contribution in [0.25, 0.3) is 0 Å². The van der Waals surface area contributed by atoms with Crippen LogP contribution in [-0.4, -0.2) is 57.4 Å².